The van der Waals surface area contributed by atoms with E-state index in [4.69, 9.17) is 4.74 Å². The van der Waals surface area contributed by atoms with Gasteiger partial charge in [-0.1, -0.05) is 15.9 Å². The van der Waals surface area contributed by atoms with Crippen LogP contribution >= 0.6 is 27.7 Å². The van der Waals surface area contributed by atoms with Gasteiger partial charge in [-0.2, -0.15) is 0 Å². The fourth-order valence-electron chi connectivity index (χ4n) is 1.29. The SMILES string of the molecule is COC[C@@H](C)NC(=O)CSc1ccc(Br)cc1. The minimum absolute atomic E-state index is 0.0301. The molecule has 5 heteroatoms. The molecule has 0 saturated heterocycles. The zero-order chi connectivity index (χ0) is 12.7. The standard InChI is InChI=1S/C12H16BrNO2S/c1-9(7-16-2)14-12(15)8-17-11-5-3-10(13)4-6-11/h3-6,9H,7-8H2,1-2H3,(H,14,15)/t9-/m1/s1. The first kappa shape index (κ1) is 14.5. The predicted molar refractivity (Wildman–Crippen MR) is 74.3 cm³/mol. The van der Waals surface area contributed by atoms with Crippen LogP contribution < -0.4 is 5.32 Å². The van der Waals surface area contributed by atoms with Crippen molar-refractivity contribution in [3.05, 3.63) is 28.7 Å². The summed E-state index contributed by atoms with van der Waals surface area (Å²) in [5, 5.41) is 2.87. The van der Waals surface area contributed by atoms with Crippen LogP contribution in [0.5, 0.6) is 0 Å². The summed E-state index contributed by atoms with van der Waals surface area (Å²) >= 11 is 4.90. The van der Waals surface area contributed by atoms with Gasteiger partial charge in [-0.3, -0.25) is 4.79 Å². The van der Waals surface area contributed by atoms with Crippen LogP contribution in [0, 0.1) is 0 Å². The highest BCUT2D eigenvalue weighted by molar-refractivity contribution is 9.10. The number of rotatable bonds is 6. The van der Waals surface area contributed by atoms with Gasteiger partial charge < -0.3 is 10.1 Å². The summed E-state index contributed by atoms with van der Waals surface area (Å²) in [5.74, 6) is 0.456. The molecule has 0 radical (unpaired) electrons. The number of halogens is 1. The number of amides is 1. The molecule has 1 amide bonds. The first-order valence-corrected chi connectivity index (χ1v) is 7.06. The largest absolute Gasteiger partial charge is 0.383 e. The lowest BCUT2D eigenvalue weighted by molar-refractivity contribution is -0.119. The number of methoxy groups -OCH3 is 1. The Hall–Kier alpha value is -0.520. The number of ether oxygens (including phenoxy) is 1. The summed E-state index contributed by atoms with van der Waals surface area (Å²) < 4.78 is 6.00. The molecule has 1 atom stereocenters. The van der Waals surface area contributed by atoms with Gasteiger partial charge in [0.15, 0.2) is 0 Å². The van der Waals surface area contributed by atoms with E-state index in [1.165, 1.54) is 11.8 Å². The average Bonchev–Trinajstić information content (AvgIpc) is 2.28. The third-order valence-electron chi connectivity index (χ3n) is 2.01. The zero-order valence-corrected chi connectivity index (χ0v) is 12.3. The van der Waals surface area contributed by atoms with Crippen molar-refractivity contribution >= 4 is 33.6 Å². The zero-order valence-electron chi connectivity index (χ0n) is 9.90. The fourth-order valence-corrected chi connectivity index (χ4v) is 2.26. The number of thioether (sulfide) groups is 1. The maximum Gasteiger partial charge on any atom is 0.230 e. The lowest BCUT2D eigenvalue weighted by atomic mass is 10.3. The van der Waals surface area contributed by atoms with Crippen LogP contribution in [0.2, 0.25) is 0 Å². The lowest BCUT2D eigenvalue weighted by Gasteiger charge is -2.12. The second-order valence-electron chi connectivity index (χ2n) is 3.67. The third-order valence-corrected chi connectivity index (χ3v) is 3.55. The number of carbonyl (C=O) groups is 1. The molecule has 0 heterocycles. The van der Waals surface area contributed by atoms with E-state index in [0.717, 1.165) is 9.37 Å². The number of hydrogen-bond acceptors (Lipinski definition) is 3. The van der Waals surface area contributed by atoms with Crippen molar-refractivity contribution in [3.8, 4) is 0 Å². The summed E-state index contributed by atoms with van der Waals surface area (Å²) in [6.07, 6.45) is 0. The minimum atomic E-state index is 0.0301. The van der Waals surface area contributed by atoms with Crippen molar-refractivity contribution in [2.75, 3.05) is 19.5 Å². The summed E-state index contributed by atoms with van der Waals surface area (Å²) in [6, 6.07) is 7.96. The molecule has 0 unspecified atom stereocenters. The molecule has 0 saturated carbocycles. The van der Waals surface area contributed by atoms with E-state index in [9.17, 15) is 4.79 Å². The molecule has 0 aromatic heterocycles. The molecule has 0 fully saturated rings. The van der Waals surface area contributed by atoms with Gasteiger partial charge >= 0.3 is 0 Å². The molecule has 17 heavy (non-hydrogen) atoms. The Labute approximate surface area is 114 Å². The molecule has 1 rings (SSSR count). The van der Waals surface area contributed by atoms with Crippen LogP contribution in [0.4, 0.5) is 0 Å². The van der Waals surface area contributed by atoms with Crippen LogP contribution in [0.3, 0.4) is 0 Å². The second-order valence-corrected chi connectivity index (χ2v) is 5.63. The van der Waals surface area contributed by atoms with E-state index in [-0.39, 0.29) is 11.9 Å². The first-order valence-electron chi connectivity index (χ1n) is 5.28. The molecular formula is C12H16BrNO2S. The van der Waals surface area contributed by atoms with E-state index in [1.54, 1.807) is 7.11 Å². The molecule has 94 valence electrons. The molecule has 0 bridgehead atoms. The third kappa shape index (κ3) is 6.10. The van der Waals surface area contributed by atoms with Crippen molar-refractivity contribution in [1.29, 1.82) is 0 Å². The smallest absolute Gasteiger partial charge is 0.230 e. The van der Waals surface area contributed by atoms with Crippen molar-refractivity contribution in [2.24, 2.45) is 0 Å². The van der Waals surface area contributed by atoms with Crippen molar-refractivity contribution in [2.45, 2.75) is 17.9 Å². The monoisotopic (exact) mass is 317 g/mol. The van der Waals surface area contributed by atoms with Gasteiger partial charge in [0.2, 0.25) is 5.91 Å². The summed E-state index contributed by atoms with van der Waals surface area (Å²) in [7, 11) is 1.62. The molecule has 0 aliphatic carbocycles. The van der Waals surface area contributed by atoms with Crippen molar-refractivity contribution in [1.82, 2.24) is 5.32 Å². The second kappa shape index (κ2) is 7.74. The Morgan fingerprint density at radius 1 is 1.47 bits per heavy atom. The van der Waals surface area contributed by atoms with Crippen molar-refractivity contribution in [3.63, 3.8) is 0 Å². The van der Waals surface area contributed by atoms with Gasteiger partial charge in [0.25, 0.3) is 0 Å². The summed E-state index contributed by atoms with van der Waals surface area (Å²) in [4.78, 5) is 12.7. The van der Waals surface area contributed by atoms with Crippen LogP contribution in [-0.2, 0) is 9.53 Å². The number of nitrogens with one attached hydrogen (secondary N) is 1. The molecule has 3 nitrogen and oxygen atoms in total. The first-order chi connectivity index (χ1) is 8.11. The molecular weight excluding hydrogens is 302 g/mol. The fraction of sp³-hybridized carbons (Fsp3) is 0.417. The Balaban J connectivity index is 2.30. The minimum Gasteiger partial charge on any atom is -0.383 e. The van der Waals surface area contributed by atoms with Crippen LogP contribution in [-0.4, -0.2) is 31.4 Å². The van der Waals surface area contributed by atoms with Gasteiger partial charge in [-0.05, 0) is 31.2 Å². The highest BCUT2D eigenvalue weighted by Crippen LogP contribution is 2.20. The Morgan fingerprint density at radius 2 is 2.12 bits per heavy atom. The van der Waals surface area contributed by atoms with Crippen LogP contribution in [0.25, 0.3) is 0 Å². The summed E-state index contributed by atoms with van der Waals surface area (Å²) in [5.41, 5.74) is 0. The normalized spacial score (nSPS) is 12.2. The quantitative estimate of drug-likeness (QED) is 0.820. The summed E-state index contributed by atoms with van der Waals surface area (Å²) in [6.45, 7) is 2.46. The molecule has 0 aliphatic heterocycles. The van der Waals surface area contributed by atoms with E-state index in [0.29, 0.717) is 12.4 Å². The molecule has 1 aromatic rings. The number of hydrogen-bond donors (Lipinski definition) is 1. The topological polar surface area (TPSA) is 38.3 Å². The Morgan fingerprint density at radius 3 is 2.71 bits per heavy atom. The lowest BCUT2D eigenvalue weighted by Crippen LogP contribution is -2.36. The van der Waals surface area contributed by atoms with Gasteiger partial charge in [0, 0.05) is 22.5 Å². The van der Waals surface area contributed by atoms with Gasteiger partial charge in [0.1, 0.15) is 0 Å². The molecule has 1 N–H and O–H groups in total. The van der Waals surface area contributed by atoms with E-state index < -0.39 is 0 Å². The van der Waals surface area contributed by atoms with Crippen molar-refractivity contribution < 1.29 is 9.53 Å². The maximum absolute atomic E-state index is 11.6. The molecule has 0 aliphatic rings. The molecule has 1 aromatic carbocycles. The Bertz CT molecular complexity index is 356. The maximum atomic E-state index is 11.6. The Kier molecular flexibility index (Phi) is 6.62. The highest BCUT2D eigenvalue weighted by atomic mass is 79.9. The van der Waals surface area contributed by atoms with E-state index in [1.807, 2.05) is 31.2 Å². The highest BCUT2D eigenvalue weighted by Gasteiger charge is 2.07. The van der Waals surface area contributed by atoms with Crippen LogP contribution in [0.1, 0.15) is 6.92 Å². The molecule has 0 spiro atoms. The predicted octanol–water partition coefficient (Wildman–Crippen LogP) is 2.69. The van der Waals surface area contributed by atoms with Gasteiger partial charge in [-0.15, -0.1) is 11.8 Å². The van der Waals surface area contributed by atoms with Gasteiger partial charge in [0.05, 0.1) is 12.4 Å². The van der Waals surface area contributed by atoms with E-state index in [2.05, 4.69) is 21.2 Å². The van der Waals surface area contributed by atoms with E-state index >= 15 is 0 Å². The number of benzene rings is 1. The van der Waals surface area contributed by atoms with Crippen LogP contribution in [0.15, 0.2) is 33.6 Å². The van der Waals surface area contributed by atoms with Gasteiger partial charge in [-0.25, -0.2) is 0 Å². The number of carbonyl (C=O) groups excluding carboxylic acids is 1. The average molecular weight is 318 g/mol.